The van der Waals surface area contributed by atoms with E-state index in [0.29, 0.717) is 0 Å². The first kappa shape index (κ1) is 12.3. The Bertz CT molecular complexity index is 417. The summed E-state index contributed by atoms with van der Waals surface area (Å²) in [7, 11) is 0. The molecule has 0 aliphatic rings. The van der Waals surface area contributed by atoms with E-state index in [-0.39, 0.29) is 0 Å². The Hall–Kier alpha value is -1.12. The molecule has 0 spiro atoms. The molecule has 1 N–H and O–H groups in total. The number of rotatable bonds is 6. The van der Waals surface area contributed by atoms with Crippen molar-refractivity contribution in [1.29, 1.82) is 0 Å². The second-order valence-corrected chi connectivity index (χ2v) is 5.21. The molecule has 0 aliphatic heterocycles. The zero-order valence-electron chi connectivity index (χ0n) is 10.3. The van der Waals surface area contributed by atoms with E-state index < -0.39 is 0 Å². The van der Waals surface area contributed by atoms with Crippen LogP contribution in [0.25, 0.3) is 0 Å². The van der Waals surface area contributed by atoms with Crippen LogP contribution in [0.5, 0.6) is 0 Å². The van der Waals surface area contributed by atoms with E-state index in [1.165, 1.54) is 16.0 Å². The van der Waals surface area contributed by atoms with Gasteiger partial charge in [0.15, 0.2) is 0 Å². The monoisotopic (exact) mass is 245 g/mol. The van der Waals surface area contributed by atoms with E-state index in [2.05, 4.69) is 54.0 Å². The Balaban J connectivity index is 1.70. The van der Waals surface area contributed by atoms with Crippen molar-refractivity contribution in [3.63, 3.8) is 0 Å². The highest BCUT2D eigenvalue weighted by Crippen LogP contribution is 2.08. The lowest BCUT2D eigenvalue weighted by atomic mass is 10.1. The maximum Gasteiger partial charge on any atom is 0.0205 e. The van der Waals surface area contributed by atoms with E-state index in [1.54, 1.807) is 0 Å². The fourth-order valence-electron chi connectivity index (χ4n) is 1.79. The SMILES string of the molecule is CCc1ccc(CNCCc2cccs2)cc1. The summed E-state index contributed by atoms with van der Waals surface area (Å²) in [6.45, 7) is 4.21. The molecule has 0 saturated heterocycles. The van der Waals surface area contributed by atoms with Crippen molar-refractivity contribution in [1.82, 2.24) is 5.32 Å². The average Bonchev–Trinajstić information content (AvgIpc) is 2.88. The Morgan fingerprint density at radius 1 is 1.06 bits per heavy atom. The van der Waals surface area contributed by atoms with E-state index in [4.69, 9.17) is 0 Å². The summed E-state index contributed by atoms with van der Waals surface area (Å²) in [6.07, 6.45) is 2.25. The number of benzene rings is 1. The van der Waals surface area contributed by atoms with Gasteiger partial charge in [-0.2, -0.15) is 0 Å². The van der Waals surface area contributed by atoms with Gasteiger partial charge in [-0.05, 0) is 35.4 Å². The maximum absolute atomic E-state index is 3.48. The summed E-state index contributed by atoms with van der Waals surface area (Å²) < 4.78 is 0. The van der Waals surface area contributed by atoms with Gasteiger partial charge in [-0.3, -0.25) is 0 Å². The highest BCUT2D eigenvalue weighted by molar-refractivity contribution is 7.09. The molecule has 90 valence electrons. The van der Waals surface area contributed by atoms with E-state index in [9.17, 15) is 0 Å². The smallest absolute Gasteiger partial charge is 0.0205 e. The van der Waals surface area contributed by atoms with Crippen LogP contribution in [0, 0.1) is 0 Å². The molecule has 1 heterocycles. The van der Waals surface area contributed by atoms with Crippen LogP contribution in [0.4, 0.5) is 0 Å². The molecule has 1 aromatic carbocycles. The summed E-state index contributed by atoms with van der Waals surface area (Å²) in [5.41, 5.74) is 2.78. The summed E-state index contributed by atoms with van der Waals surface area (Å²) in [4.78, 5) is 1.46. The standard InChI is InChI=1S/C15H19NS/c1-2-13-5-7-14(8-6-13)12-16-10-9-15-4-3-11-17-15/h3-8,11,16H,2,9-10,12H2,1H3. The van der Waals surface area contributed by atoms with Crippen LogP contribution in [0.15, 0.2) is 41.8 Å². The molecule has 0 bridgehead atoms. The van der Waals surface area contributed by atoms with Gasteiger partial charge in [0.2, 0.25) is 0 Å². The van der Waals surface area contributed by atoms with Gasteiger partial charge in [-0.15, -0.1) is 11.3 Å². The zero-order chi connectivity index (χ0) is 11.9. The Morgan fingerprint density at radius 3 is 2.47 bits per heavy atom. The first-order chi connectivity index (χ1) is 8.38. The minimum absolute atomic E-state index is 0.968. The van der Waals surface area contributed by atoms with Crippen molar-refractivity contribution in [3.8, 4) is 0 Å². The third kappa shape index (κ3) is 3.99. The van der Waals surface area contributed by atoms with Crippen molar-refractivity contribution >= 4 is 11.3 Å². The first-order valence-corrected chi connectivity index (χ1v) is 7.07. The van der Waals surface area contributed by atoms with E-state index in [0.717, 1.165) is 25.9 Å². The Kier molecular flexibility index (Phi) is 4.77. The maximum atomic E-state index is 3.48. The lowest BCUT2D eigenvalue weighted by molar-refractivity contribution is 0.690. The Labute approximate surface area is 108 Å². The summed E-state index contributed by atoms with van der Waals surface area (Å²) in [6, 6.07) is 13.2. The zero-order valence-corrected chi connectivity index (χ0v) is 11.1. The third-order valence-corrected chi connectivity index (χ3v) is 3.82. The number of hydrogen-bond acceptors (Lipinski definition) is 2. The van der Waals surface area contributed by atoms with Crippen LogP contribution in [-0.4, -0.2) is 6.54 Å². The van der Waals surface area contributed by atoms with Gasteiger partial charge >= 0.3 is 0 Å². The average molecular weight is 245 g/mol. The van der Waals surface area contributed by atoms with Gasteiger partial charge < -0.3 is 5.32 Å². The molecule has 17 heavy (non-hydrogen) atoms. The van der Waals surface area contributed by atoms with Crippen molar-refractivity contribution in [2.45, 2.75) is 26.3 Å². The minimum atomic E-state index is 0.968. The van der Waals surface area contributed by atoms with Gasteiger partial charge in [-0.1, -0.05) is 37.3 Å². The number of hydrogen-bond donors (Lipinski definition) is 1. The molecular formula is C15H19NS. The summed E-state index contributed by atoms with van der Waals surface area (Å²) in [5, 5.41) is 5.62. The fraction of sp³-hybridized carbons (Fsp3) is 0.333. The highest BCUT2D eigenvalue weighted by atomic mass is 32.1. The molecule has 0 unspecified atom stereocenters. The van der Waals surface area contributed by atoms with Crippen LogP contribution in [-0.2, 0) is 19.4 Å². The van der Waals surface area contributed by atoms with Crippen LogP contribution < -0.4 is 5.32 Å². The molecular weight excluding hydrogens is 226 g/mol. The quantitative estimate of drug-likeness (QED) is 0.766. The van der Waals surface area contributed by atoms with Gasteiger partial charge in [0, 0.05) is 18.0 Å². The van der Waals surface area contributed by atoms with Gasteiger partial charge in [-0.25, -0.2) is 0 Å². The van der Waals surface area contributed by atoms with Crippen molar-refractivity contribution in [3.05, 3.63) is 57.8 Å². The van der Waals surface area contributed by atoms with Gasteiger partial charge in [0.25, 0.3) is 0 Å². The van der Waals surface area contributed by atoms with E-state index >= 15 is 0 Å². The molecule has 2 heteroatoms. The van der Waals surface area contributed by atoms with E-state index in [1.807, 2.05) is 11.3 Å². The van der Waals surface area contributed by atoms with Crippen LogP contribution in [0.1, 0.15) is 22.9 Å². The lowest BCUT2D eigenvalue weighted by Gasteiger charge is -2.05. The van der Waals surface area contributed by atoms with Crippen molar-refractivity contribution in [2.24, 2.45) is 0 Å². The molecule has 0 atom stereocenters. The molecule has 2 rings (SSSR count). The lowest BCUT2D eigenvalue weighted by Crippen LogP contribution is -2.16. The molecule has 0 radical (unpaired) electrons. The number of aryl methyl sites for hydroxylation is 1. The summed E-state index contributed by atoms with van der Waals surface area (Å²) >= 11 is 1.83. The van der Waals surface area contributed by atoms with Crippen LogP contribution in [0.2, 0.25) is 0 Å². The van der Waals surface area contributed by atoms with Gasteiger partial charge in [0.1, 0.15) is 0 Å². The first-order valence-electron chi connectivity index (χ1n) is 6.19. The molecule has 0 saturated carbocycles. The molecule has 1 aromatic heterocycles. The predicted molar refractivity (Wildman–Crippen MR) is 75.5 cm³/mol. The number of thiophene rings is 1. The molecule has 1 nitrogen and oxygen atoms in total. The molecule has 0 amide bonds. The second kappa shape index (κ2) is 6.58. The highest BCUT2D eigenvalue weighted by Gasteiger charge is 1.95. The summed E-state index contributed by atoms with van der Waals surface area (Å²) in [5.74, 6) is 0. The van der Waals surface area contributed by atoms with Crippen LogP contribution in [0.3, 0.4) is 0 Å². The molecule has 2 aromatic rings. The van der Waals surface area contributed by atoms with Crippen molar-refractivity contribution in [2.75, 3.05) is 6.54 Å². The van der Waals surface area contributed by atoms with Gasteiger partial charge in [0.05, 0.1) is 0 Å². The normalized spacial score (nSPS) is 10.6. The molecule has 0 fully saturated rings. The fourth-order valence-corrected chi connectivity index (χ4v) is 2.50. The second-order valence-electron chi connectivity index (χ2n) is 4.18. The topological polar surface area (TPSA) is 12.0 Å². The predicted octanol–water partition coefficient (Wildman–Crippen LogP) is 3.64. The number of nitrogens with one attached hydrogen (secondary N) is 1. The Morgan fingerprint density at radius 2 is 1.82 bits per heavy atom. The van der Waals surface area contributed by atoms with Crippen LogP contribution >= 0.6 is 11.3 Å². The largest absolute Gasteiger partial charge is 0.312 e. The third-order valence-electron chi connectivity index (χ3n) is 2.89. The minimum Gasteiger partial charge on any atom is -0.312 e. The van der Waals surface area contributed by atoms with Crippen molar-refractivity contribution < 1.29 is 0 Å². The molecule has 0 aliphatic carbocycles.